The predicted molar refractivity (Wildman–Crippen MR) is 107 cm³/mol. The second-order valence-corrected chi connectivity index (χ2v) is 7.41. The maximum atomic E-state index is 13.3. The monoisotopic (exact) mass is 386 g/mol. The van der Waals surface area contributed by atoms with Gasteiger partial charge in [-0.3, -0.25) is 9.36 Å². The molecule has 3 rings (SSSR count). The van der Waals surface area contributed by atoms with Gasteiger partial charge in [-0.2, -0.15) is 0 Å². The summed E-state index contributed by atoms with van der Waals surface area (Å²) in [5.74, 6) is 0.788. The number of esters is 1. The first-order valence-electron chi connectivity index (χ1n) is 8.68. The lowest BCUT2D eigenvalue weighted by atomic mass is 10.1. The van der Waals surface area contributed by atoms with Gasteiger partial charge in [0.25, 0.3) is 5.56 Å². The summed E-state index contributed by atoms with van der Waals surface area (Å²) in [6.45, 7) is 6.95. The molecule has 2 heterocycles. The Hall–Kier alpha value is -2.67. The molecule has 6 nitrogen and oxygen atoms in total. The minimum Gasteiger partial charge on any atom is -0.497 e. The SMILES string of the molecule is COc1ccc(-c2csc3nc(C)n(C(C)C(=O)OC(C)C)c(=O)c23)cc1. The molecule has 142 valence electrons. The largest absolute Gasteiger partial charge is 0.497 e. The number of ether oxygens (including phenoxy) is 2. The van der Waals surface area contributed by atoms with E-state index in [4.69, 9.17) is 9.47 Å². The van der Waals surface area contributed by atoms with Crippen LogP contribution in [0.15, 0.2) is 34.4 Å². The van der Waals surface area contributed by atoms with Crippen LogP contribution in [0, 0.1) is 6.92 Å². The summed E-state index contributed by atoms with van der Waals surface area (Å²) in [7, 11) is 1.61. The highest BCUT2D eigenvalue weighted by atomic mass is 32.1. The molecule has 0 fully saturated rings. The Bertz CT molecular complexity index is 1030. The van der Waals surface area contributed by atoms with E-state index in [9.17, 15) is 9.59 Å². The number of fused-ring (bicyclic) bond motifs is 1. The summed E-state index contributed by atoms with van der Waals surface area (Å²) in [4.78, 5) is 30.8. The lowest BCUT2D eigenvalue weighted by molar-refractivity contribution is -0.151. The van der Waals surface area contributed by atoms with Gasteiger partial charge in [0.05, 0.1) is 18.6 Å². The van der Waals surface area contributed by atoms with Crippen molar-refractivity contribution in [1.82, 2.24) is 9.55 Å². The van der Waals surface area contributed by atoms with Crippen molar-refractivity contribution in [2.75, 3.05) is 7.11 Å². The van der Waals surface area contributed by atoms with Crippen LogP contribution in [0.4, 0.5) is 0 Å². The maximum absolute atomic E-state index is 13.3. The van der Waals surface area contributed by atoms with E-state index in [1.54, 1.807) is 34.8 Å². The van der Waals surface area contributed by atoms with E-state index in [0.29, 0.717) is 16.0 Å². The minimum atomic E-state index is -0.750. The number of carbonyl (C=O) groups is 1. The number of benzene rings is 1. The highest BCUT2D eigenvalue weighted by Gasteiger charge is 2.24. The van der Waals surface area contributed by atoms with Gasteiger partial charge in [-0.05, 0) is 45.4 Å². The van der Waals surface area contributed by atoms with Crippen LogP contribution in [0.3, 0.4) is 0 Å². The summed E-state index contributed by atoms with van der Waals surface area (Å²) in [6.07, 6.45) is -0.247. The number of methoxy groups -OCH3 is 1. The van der Waals surface area contributed by atoms with E-state index in [1.807, 2.05) is 29.6 Å². The number of aryl methyl sites for hydroxylation is 1. The molecule has 0 aliphatic heterocycles. The summed E-state index contributed by atoms with van der Waals surface area (Å²) in [5, 5.41) is 2.43. The first-order valence-corrected chi connectivity index (χ1v) is 9.56. The highest BCUT2D eigenvalue weighted by Crippen LogP contribution is 2.32. The number of hydrogen-bond donors (Lipinski definition) is 0. The van der Waals surface area contributed by atoms with E-state index >= 15 is 0 Å². The quantitative estimate of drug-likeness (QED) is 0.621. The molecule has 1 atom stereocenters. The Morgan fingerprint density at radius 2 is 1.85 bits per heavy atom. The molecule has 0 N–H and O–H groups in total. The van der Waals surface area contributed by atoms with Crippen LogP contribution in [-0.4, -0.2) is 28.7 Å². The highest BCUT2D eigenvalue weighted by molar-refractivity contribution is 7.17. The minimum absolute atomic E-state index is 0.238. The number of rotatable bonds is 5. The lowest BCUT2D eigenvalue weighted by Crippen LogP contribution is -2.32. The van der Waals surface area contributed by atoms with E-state index in [-0.39, 0.29) is 11.7 Å². The van der Waals surface area contributed by atoms with Gasteiger partial charge in [0.1, 0.15) is 22.4 Å². The van der Waals surface area contributed by atoms with Crippen LogP contribution in [0.25, 0.3) is 21.3 Å². The summed E-state index contributed by atoms with van der Waals surface area (Å²) in [6, 6.07) is 6.75. The zero-order valence-electron chi connectivity index (χ0n) is 16.0. The Morgan fingerprint density at radius 1 is 1.19 bits per heavy atom. The van der Waals surface area contributed by atoms with Crippen LogP contribution in [0.5, 0.6) is 5.75 Å². The van der Waals surface area contributed by atoms with Crippen molar-refractivity contribution >= 4 is 27.5 Å². The number of thiophene rings is 1. The van der Waals surface area contributed by atoms with Crippen LogP contribution >= 0.6 is 11.3 Å². The Balaban J connectivity index is 2.14. The third kappa shape index (κ3) is 3.60. The van der Waals surface area contributed by atoms with E-state index in [0.717, 1.165) is 16.9 Å². The van der Waals surface area contributed by atoms with Gasteiger partial charge in [-0.15, -0.1) is 11.3 Å². The van der Waals surface area contributed by atoms with Gasteiger partial charge in [-0.1, -0.05) is 12.1 Å². The molecule has 3 aromatic rings. The molecular weight excluding hydrogens is 364 g/mol. The summed E-state index contributed by atoms with van der Waals surface area (Å²) >= 11 is 1.41. The van der Waals surface area contributed by atoms with Crippen LogP contribution < -0.4 is 10.3 Å². The predicted octanol–water partition coefficient (Wildman–Crippen LogP) is 3.95. The normalized spacial score (nSPS) is 12.4. The Morgan fingerprint density at radius 3 is 2.44 bits per heavy atom. The Kier molecular flexibility index (Phi) is 5.32. The number of hydrogen-bond acceptors (Lipinski definition) is 6. The van der Waals surface area contributed by atoms with E-state index < -0.39 is 12.0 Å². The first-order chi connectivity index (χ1) is 12.8. The van der Waals surface area contributed by atoms with Crippen molar-refractivity contribution in [2.24, 2.45) is 0 Å². The molecule has 0 aliphatic rings. The summed E-state index contributed by atoms with van der Waals surface area (Å²) in [5.41, 5.74) is 1.46. The number of nitrogens with zero attached hydrogens (tertiary/aromatic N) is 2. The van der Waals surface area contributed by atoms with Crippen molar-refractivity contribution in [3.8, 4) is 16.9 Å². The van der Waals surface area contributed by atoms with E-state index in [1.165, 1.54) is 15.9 Å². The lowest BCUT2D eigenvalue weighted by Gasteiger charge is -2.18. The molecule has 0 radical (unpaired) electrons. The van der Waals surface area contributed by atoms with Gasteiger partial charge in [0, 0.05) is 10.9 Å². The molecule has 2 aromatic heterocycles. The smallest absolute Gasteiger partial charge is 0.329 e. The van der Waals surface area contributed by atoms with Crippen molar-refractivity contribution in [3.63, 3.8) is 0 Å². The van der Waals surface area contributed by atoms with Crippen LogP contribution in [-0.2, 0) is 9.53 Å². The van der Waals surface area contributed by atoms with Crippen molar-refractivity contribution in [2.45, 2.75) is 39.8 Å². The standard InChI is InChI=1S/C20H22N2O4S/c1-11(2)26-20(24)12(3)22-13(4)21-18-17(19(22)23)16(10-27-18)14-6-8-15(25-5)9-7-14/h6-12H,1-5H3. The fraction of sp³-hybridized carbons (Fsp3) is 0.350. The molecule has 0 saturated carbocycles. The second-order valence-electron chi connectivity index (χ2n) is 6.55. The third-order valence-electron chi connectivity index (χ3n) is 4.30. The van der Waals surface area contributed by atoms with Crippen LogP contribution in [0.2, 0.25) is 0 Å². The van der Waals surface area contributed by atoms with Gasteiger partial charge < -0.3 is 9.47 Å². The Labute approximate surface area is 161 Å². The summed E-state index contributed by atoms with van der Waals surface area (Å²) < 4.78 is 11.9. The topological polar surface area (TPSA) is 70.4 Å². The zero-order valence-corrected chi connectivity index (χ0v) is 16.8. The van der Waals surface area contributed by atoms with Gasteiger partial charge in [-0.25, -0.2) is 9.78 Å². The average Bonchev–Trinajstić information content (AvgIpc) is 3.05. The van der Waals surface area contributed by atoms with Crippen molar-refractivity contribution in [3.05, 3.63) is 45.8 Å². The molecule has 0 aliphatic carbocycles. The molecule has 1 unspecified atom stereocenters. The maximum Gasteiger partial charge on any atom is 0.329 e. The number of carbonyl (C=O) groups excluding carboxylic acids is 1. The molecule has 0 amide bonds. The molecule has 1 aromatic carbocycles. The molecule has 0 spiro atoms. The number of aromatic nitrogens is 2. The second kappa shape index (κ2) is 7.52. The molecule has 0 bridgehead atoms. The molecule has 7 heteroatoms. The molecule has 0 saturated heterocycles. The fourth-order valence-electron chi connectivity index (χ4n) is 2.98. The average molecular weight is 386 g/mol. The zero-order chi connectivity index (χ0) is 19.7. The molecular formula is C20H22N2O4S. The van der Waals surface area contributed by atoms with Crippen molar-refractivity contribution < 1.29 is 14.3 Å². The first kappa shape index (κ1) is 19.1. The van der Waals surface area contributed by atoms with E-state index in [2.05, 4.69) is 4.98 Å². The molecule has 27 heavy (non-hydrogen) atoms. The van der Waals surface area contributed by atoms with Gasteiger partial charge >= 0.3 is 5.97 Å². The fourth-order valence-corrected chi connectivity index (χ4v) is 3.96. The van der Waals surface area contributed by atoms with Crippen molar-refractivity contribution in [1.29, 1.82) is 0 Å². The van der Waals surface area contributed by atoms with Gasteiger partial charge in [0.2, 0.25) is 0 Å². The third-order valence-corrected chi connectivity index (χ3v) is 5.17. The van der Waals surface area contributed by atoms with Gasteiger partial charge in [0.15, 0.2) is 0 Å². The van der Waals surface area contributed by atoms with Crippen LogP contribution in [0.1, 0.15) is 32.6 Å².